The van der Waals surface area contributed by atoms with E-state index in [0.717, 1.165) is 30.2 Å². The number of hydrazine groups is 1. The molecular weight excluding hydrogens is 254 g/mol. The Morgan fingerprint density at radius 2 is 2.00 bits per heavy atom. The third kappa shape index (κ3) is 2.71. The van der Waals surface area contributed by atoms with Crippen molar-refractivity contribution in [1.82, 2.24) is 9.97 Å². The highest BCUT2D eigenvalue weighted by Crippen LogP contribution is 2.31. The van der Waals surface area contributed by atoms with Gasteiger partial charge in [-0.15, -0.1) is 0 Å². The summed E-state index contributed by atoms with van der Waals surface area (Å²) >= 11 is 0. The minimum Gasteiger partial charge on any atom is -0.376 e. The zero-order valence-electron chi connectivity index (χ0n) is 12.9. The summed E-state index contributed by atoms with van der Waals surface area (Å²) < 4.78 is 5.67. The van der Waals surface area contributed by atoms with E-state index in [4.69, 9.17) is 10.6 Å². The van der Waals surface area contributed by atoms with Gasteiger partial charge in [-0.3, -0.25) is 0 Å². The van der Waals surface area contributed by atoms with E-state index in [1.807, 2.05) is 6.92 Å². The van der Waals surface area contributed by atoms with Crippen molar-refractivity contribution >= 4 is 11.6 Å². The molecule has 1 aliphatic heterocycles. The molecule has 0 aliphatic carbocycles. The number of hydrogen-bond acceptors (Lipinski definition) is 6. The fourth-order valence-corrected chi connectivity index (χ4v) is 2.32. The third-order valence-electron chi connectivity index (χ3n) is 4.11. The van der Waals surface area contributed by atoms with Gasteiger partial charge >= 0.3 is 0 Å². The highest BCUT2D eigenvalue weighted by molar-refractivity contribution is 5.58. The average Bonchev–Trinajstić information content (AvgIpc) is 2.71. The van der Waals surface area contributed by atoms with Gasteiger partial charge in [0.15, 0.2) is 0 Å². The first-order chi connectivity index (χ1) is 9.37. The van der Waals surface area contributed by atoms with E-state index in [-0.39, 0.29) is 17.6 Å². The van der Waals surface area contributed by atoms with Gasteiger partial charge in [-0.1, -0.05) is 13.8 Å². The normalized spacial score (nSPS) is 26.1. The maximum Gasteiger partial charge on any atom is 0.148 e. The van der Waals surface area contributed by atoms with Crippen LogP contribution < -0.4 is 16.6 Å². The van der Waals surface area contributed by atoms with Gasteiger partial charge in [0.05, 0.1) is 11.6 Å². The number of nitrogens with zero attached hydrogens (tertiary/aromatic N) is 2. The molecule has 0 spiro atoms. The topological polar surface area (TPSA) is 85.1 Å². The zero-order valence-corrected chi connectivity index (χ0v) is 12.9. The first kappa shape index (κ1) is 15.0. The van der Waals surface area contributed by atoms with Crippen LogP contribution in [-0.2, 0) is 4.74 Å². The molecule has 1 aliphatic rings. The molecule has 0 amide bonds. The number of nitrogens with two attached hydrogens (primary N) is 1. The van der Waals surface area contributed by atoms with Crippen molar-refractivity contribution in [2.45, 2.75) is 58.6 Å². The summed E-state index contributed by atoms with van der Waals surface area (Å²) in [7, 11) is 0. The summed E-state index contributed by atoms with van der Waals surface area (Å²) in [5, 5.41) is 3.53. The minimum atomic E-state index is -0.112. The van der Waals surface area contributed by atoms with Crippen LogP contribution in [0.1, 0.15) is 51.4 Å². The maximum atomic E-state index is 5.67. The lowest BCUT2D eigenvalue weighted by molar-refractivity contribution is 0.105. The Morgan fingerprint density at radius 3 is 2.50 bits per heavy atom. The summed E-state index contributed by atoms with van der Waals surface area (Å²) in [6, 6.07) is 0. The molecule has 0 aromatic carbocycles. The molecule has 1 fully saturated rings. The van der Waals surface area contributed by atoms with Crippen LogP contribution in [-0.4, -0.2) is 28.2 Å². The highest BCUT2D eigenvalue weighted by atomic mass is 16.5. The van der Waals surface area contributed by atoms with Crippen LogP contribution in [0.25, 0.3) is 0 Å². The summed E-state index contributed by atoms with van der Waals surface area (Å²) in [5.41, 5.74) is 3.47. The molecule has 1 aromatic rings. The monoisotopic (exact) mass is 279 g/mol. The smallest absolute Gasteiger partial charge is 0.148 e. The zero-order chi connectivity index (χ0) is 14.9. The number of nitrogen functional groups attached to an aromatic ring is 1. The van der Waals surface area contributed by atoms with Crippen LogP contribution in [0.2, 0.25) is 0 Å². The Labute approximate surface area is 120 Å². The van der Waals surface area contributed by atoms with Crippen molar-refractivity contribution < 1.29 is 4.74 Å². The van der Waals surface area contributed by atoms with Gasteiger partial charge in [0.1, 0.15) is 17.5 Å². The van der Waals surface area contributed by atoms with E-state index in [0.29, 0.717) is 5.82 Å². The molecule has 6 heteroatoms. The van der Waals surface area contributed by atoms with Gasteiger partial charge in [0.2, 0.25) is 0 Å². The largest absolute Gasteiger partial charge is 0.376 e. The van der Waals surface area contributed by atoms with Gasteiger partial charge in [0, 0.05) is 18.1 Å². The number of ether oxygens (including phenoxy) is 1. The van der Waals surface area contributed by atoms with E-state index in [1.165, 1.54) is 0 Å². The second kappa shape index (κ2) is 5.54. The molecule has 6 nitrogen and oxygen atoms in total. The molecule has 2 atom stereocenters. The van der Waals surface area contributed by atoms with Crippen LogP contribution in [0.5, 0.6) is 0 Å². The van der Waals surface area contributed by atoms with Gasteiger partial charge in [-0.25, -0.2) is 15.8 Å². The second-order valence-corrected chi connectivity index (χ2v) is 6.01. The predicted octanol–water partition coefficient (Wildman–Crippen LogP) is 2.17. The lowest BCUT2D eigenvalue weighted by Gasteiger charge is -2.30. The van der Waals surface area contributed by atoms with Crippen molar-refractivity contribution in [2.75, 3.05) is 17.3 Å². The molecule has 2 unspecified atom stereocenters. The number of anilines is 2. The van der Waals surface area contributed by atoms with Crippen LogP contribution in [0.4, 0.5) is 11.6 Å². The number of aromatic nitrogens is 2. The average molecular weight is 279 g/mol. The molecule has 20 heavy (non-hydrogen) atoms. The standard InChI is InChI=1S/C14H25N5O/c1-8(2)11-16-12(9(3)13(17-11)19-15)18-14(5)6-7-20-10(14)4/h8,10H,6-7,15H2,1-5H3,(H2,16,17,18,19). The van der Waals surface area contributed by atoms with Crippen molar-refractivity contribution in [3.05, 3.63) is 11.4 Å². The van der Waals surface area contributed by atoms with E-state index in [9.17, 15) is 0 Å². The lowest BCUT2D eigenvalue weighted by atomic mass is 9.94. The van der Waals surface area contributed by atoms with E-state index in [1.54, 1.807) is 0 Å². The summed E-state index contributed by atoms with van der Waals surface area (Å²) in [6.45, 7) is 11.1. The molecule has 2 rings (SSSR count). The Morgan fingerprint density at radius 1 is 1.35 bits per heavy atom. The molecular formula is C14H25N5O. The fourth-order valence-electron chi connectivity index (χ4n) is 2.32. The number of nitrogens with one attached hydrogen (secondary N) is 2. The lowest BCUT2D eigenvalue weighted by Crippen LogP contribution is -2.42. The highest BCUT2D eigenvalue weighted by Gasteiger charge is 2.37. The summed E-state index contributed by atoms with van der Waals surface area (Å²) in [4.78, 5) is 9.10. The van der Waals surface area contributed by atoms with Crippen molar-refractivity contribution in [1.29, 1.82) is 0 Å². The van der Waals surface area contributed by atoms with E-state index in [2.05, 4.69) is 48.4 Å². The Hall–Kier alpha value is -1.40. The van der Waals surface area contributed by atoms with Crippen molar-refractivity contribution in [3.63, 3.8) is 0 Å². The predicted molar refractivity (Wildman–Crippen MR) is 80.7 cm³/mol. The molecule has 0 saturated carbocycles. The van der Waals surface area contributed by atoms with Crippen LogP contribution >= 0.6 is 0 Å². The molecule has 0 bridgehead atoms. The summed E-state index contributed by atoms with van der Waals surface area (Å²) in [6.07, 6.45) is 1.11. The van der Waals surface area contributed by atoms with Gasteiger partial charge in [-0.05, 0) is 27.2 Å². The molecule has 112 valence electrons. The minimum absolute atomic E-state index is 0.112. The molecule has 1 saturated heterocycles. The molecule has 2 heterocycles. The Bertz CT molecular complexity index is 491. The van der Waals surface area contributed by atoms with Crippen LogP contribution in [0.15, 0.2) is 0 Å². The number of hydrogen-bond donors (Lipinski definition) is 3. The first-order valence-electron chi connectivity index (χ1n) is 7.12. The van der Waals surface area contributed by atoms with Gasteiger partial charge < -0.3 is 15.5 Å². The fraction of sp³-hybridized carbons (Fsp3) is 0.714. The SMILES string of the molecule is Cc1c(NN)nc(C(C)C)nc1NC1(C)CCOC1C. The number of rotatable bonds is 4. The Kier molecular flexibility index (Phi) is 4.15. The van der Waals surface area contributed by atoms with Crippen LogP contribution in [0, 0.1) is 6.92 Å². The van der Waals surface area contributed by atoms with Gasteiger partial charge in [-0.2, -0.15) is 0 Å². The third-order valence-corrected chi connectivity index (χ3v) is 4.11. The molecule has 0 radical (unpaired) electrons. The summed E-state index contributed by atoms with van der Waals surface area (Å²) in [5.74, 6) is 8.08. The molecule has 1 aromatic heterocycles. The Balaban J connectivity index is 2.37. The van der Waals surface area contributed by atoms with Crippen molar-refractivity contribution in [2.24, 2.45) is 5.84 Å². The quantitative estimate of drug-likeness (QED) is 0.578. The van der Waals surface area contributed by atoms with E-state index >= 15 is 0 Å². The van der Waals surface area contributed by atoms with Gasteiger partial charge in [0.25, 0.3) is 0 Å². The maximum absolute atomic E-state index is 5.67. The van der Waals surface area contributed by atoms with E-state index < -0.39 is 0 Å². The molecule has 4 N–H and O–H groups in total. The van der Waals surface area contributed by atoms with Crippen LogP contribution in [0.3, 0.4) is 0 Å². The van der Waals surface area contributed by atoms with Crippen molar-refractivity contribution in [3.8, 4) is 0 Å². The first-order valence-corrected chi connectivity index (χ1v) is 7.12. The second-order valence-electron chi connectivity index (χ2n) is 6.01.